The third kappa shape index (κ3) is 8.06. The third-order valence-corrected chi connectivity index (χ3v) is 1.81. The Kier molecular flexibility index (Phi) is 8.11. The zero-order valence-corrected chi connectivity index (χ0v) is 7.86. The first-order valence-corrected chi connectivity index (χ1v) is 5.74. The molecule has 0 N–H and O–H groups in total. The van der Waals surface area contributed by atoms with Crippen molar-refractivity contribution in [3.63, 3.8) is 0 Å². The van der Waals surface area contributed by atoms with Crippen molar-refractivity contribution < 1.29 is 0 Å². The second kappa shape index (κ2) is 8.06. The SMILES string of the molecule is C[Se]C=CCCN=C=S. The van der Waals surface area contributed by atoms with E-state index in [9.17, 15) is 0 Å². The number of rotatable bonds is 4. The molecular formula is C6H9NSSe. The molecule has 0 rings (SSSR count). The van der Waals surface area contributed by atoms with Crippen molar-refractivity contribution >= 4 is 32.3 Å². The van der Waals surface area contributed by atoms with Gasteiger partial charge in [0, 0.05) is 0 Å². The predicted molar refractivity (Wildman–Crippen MR) is 45.3 cm³/mol. The van der Waals surface area contributed by atoms with Crippen LogP contribution in [0, 0.1) is 0 Å². The van der Waals surface area contributed by atoms with Crippen LogP contribution in [0.4, 0.5) is 0 Å². The summed E-state index contributed by atoms with van der Waals surface area (Å²) < 4.78 is 0. The van der Waals surface area contributed by atoms with Gasteiger partial charge in [0.2, 0.25) is 0 Å². The molecule has 0 amide bonds. The van der Waals surface area contributed by atoms with Crippen LogP contribution in [0.3, 0.4) is 0 Å². The van der Waals surface area contributed by atoms with E-state index in [1.54, 1.807) is 0 Å². The summed E-state index contributed by atoms with van der Waals surface area (Å²) in [4.78, 5) is 5.95. The van der Waals surface area contributed by atoms with Crippen LogP contribution in [0.2, 0.25) is 5.82 Å². The van der Waals surface area contributed by atoms with Gasteiger partial charge in [-0.25, -0.2) is 0 Å². The summed E-state index contributed by atoms with van der Waals surface area (Å²) in [6, 6.07) is 0. The molecule has 0 bridgehead atoms. The Balaban J connectivity index is 3.08. The zero-order chi connectivity index (χ0) is 6.95. The maximum atomic E-state index is 4.39. The molecule has 0 radical (unpaired) electrons. The van der Waals surface area contributed by atoms with Gasteiger partial charge in [0.05, 0.1) is 0 Å². The number of nitrogens with zero attached hydrogens (tertiary/aromatic N) is 1. The van der Waals surface area contributed by atoms with Crippen molar-refractivity contribution in [1.29, 1.82) is 0 Å². The molecule has 1 nitrogen and oxygen atoms in total. The Bertz CT molecular complexity index is 127. The van der Waals surface area contributed by atoms with E-state index in [2.05, 4.69) is 39.2 Å². The van der Waals surface area contributed by atoms with Crippen LogP contribution in [0.25, 0.3) is 0 Å². The monoisotopic (exact) mass is 207 g/mol. The molecule has 0 aromatic rings. The molecule has 0 aromatic heterocycles. The Morgan fingerprint density at radius 1 is 1.78 bits per heavy atom. The van der Waals surface area contributed by atoms with E-state index in [1.807, 2.05) is 0 Å². The van der Waals surface area contributed by atoms with Crippen molar-refractivity contribution in [3.05, 3.63) is 11.1 Å². The molecule has 50 valence electrons. The van der Waals surface area contributed by atoms with Crippen LogP contribution in [0.5, 0.6) is 0 Å². The second-order valence-electron chi connectivity index (χ2n) is 1.37. The third-order valence-electron chi connectivity index (χ3n) is 0.704. The van der Waals surface area contributed by atoms with Gasteiger partial charge in [0.1, 0.15) is 0 Å². The number of isothiocyanates is 1. The van der Waals surface area contributed by atoms with E-state index in [1.165, 1.54) is 0 Å². The normalized spacial score (nSPS) is 9.44. The van der Waals surface area contributed by atoms with Gasteiger partial charge in [-0.05, 0) is 0 Å². The molecule has 0 saturated heterocycles. The van der Waals surface area contributed by atoms with E-state index in [0.29, 0.717) is 15.0 Å². The summed E-state index contributed by atoms with van der Waals surface area (Å²) in [5.74, 6) is 2.17. The first-order chi connectivity index (χ1) is 4.41. The Morgan fingerprint density at radius 2 is 2.56 bits per heavy atom. The van der Waals surface area contributed by atoms with Gasteiger partial charge in [0.25, 0.3) is 0 Å². The summed E-state index contributed by atoms with van der Waals surface area (Å²) in [5.41, 5.74) is 0. The van der Waals surface area contributed by atoms with Crippen LogP contribution in [-0.4, -0.2) is 26.7 Å². The molecule has 0 unspecified atom stereocenters. The van der Waals surface area contributed by atoms with Gasteiger partial charge in [-0.2, -0.15) is 0 Å². The number of thiocarbonyl (C=S) groups is 1. The van der Waals surface area contributed by atoms with Gasteiger partial charge in [-0.3, -0.25) is 0 Å². The van der Waals surface area contributed by atoms with Crippen LogP contribution < -0.4 is 0 Å². The van der Waals surface area contributed by atoms with Crippen molar-refractivity contribution in [2.75, 3.05) is 6.54 Å². The predicted octanol–water partition coefficient (Wildman–Crippen LogP) is 1.75. The summed E-state index contributed by atoms with van der Waals surface area (Å²) >= 11 is 5.05. The van der Waals surface area contributed by atoms with E-state index >= 15 is 0 Å². The van der Waals surface area contributed by atoms with Gasteiger partial charge in [-0.1, -0.05) is 0 Å². The van der Waals surface area contributed by atoms with Crippen LogP contribution in [-0.2, 0) is 0 Å². The molecule has 3 heteroatoms. The first kappa shape index (κ1) is 9.06. The molecule has 0 fully saturated rings. The average molecular weight is 206 g/mol. The van der Waals surface area contributed by atoms with Gasteiger partial charge in [-0.15, -0.1) is 0 Å². The Morgan fingerprint density at radius 3 is 3.11 bits per heavy atom. The fourth-order valence-electron chi connectivity index (χ4n) is 0.349. The minimum absolute atomic E-state index is 0.654. The van der Waals surface area contributed by atoms with E-state index < -0.39 is 0 Å². The van der Waals surface area contributed by atoms with E-state index in [4.69, 9.17) is 0 Å². The van der Waals surface area contributed by atoms with E-state index in [0.717, 1.165) is 13.0 Å². The van der Waals surface area contributed by atoms with Crippen molar-refractivity contribution in [2.24, 2.45) is 4.99 Å². The van der Waals surface area contributed by atoms with Crippen molar-refractivity contribution in [1.82, 2.24) is 0 Å². The molecule has 0 saturated carbocycles. The fourth-order valence-corrected chi connectivity index (χ4v) is 1.13. The zero-order valence-electron chi connectivity index (χ0n) is 5.33. The Labute approximate surface area is 67.4 Å². The molecule has 0 spiro atoms. The maximum absolute atomic E-state index is 4.39. The molecule has 0 aliphatic carbocycles. The number of hydrogen-bond donors (Lipinski definition) is 0. The summed E-state index contributed by atoms with van der Waals surface area (Å²) in [6.45, 7) is 0.788. The molecule has 0 atom stereocenters. The number of aliphatic imine (C=N–C) groups is 1. The van der Waals surface area contributed by atoms with Crippen molar-refractivity contribution in [2.45, 2.75) is 12.2 Å². The van der Waals surface area contributed by atoms with Crippen LogP contribution >= 0.6 is 12.2 Å². The quantitative estimate of drug-likeness (QED) is 0.295. The first-order valence-electron chi connectivity index (χ1n) is 2.63. The molecule has 0 aliphatic rings. The summed E-state index contributed by atoms with van der Waals surface area (Å²) in [5, 5.41) is 2.32. The fraction of sp³-hybridized carbons (Fsp3) is 0.500. The molecular weight excluding hydrogens is 197 g/mol. The molecule has 0 heterocycles. The Hall–Kier alpha value is 0.0595. The van der Waals surface area contributed by atoms with Gasteiger partial charge in [0.15, 0.2) is 0 Å². The summed E-state index contributed by atoms with van der Waals surface area (Å²) in [6.07, 6.45) is 3.13. The van der Waals surface area contributed by atoms with Crippen LogP contribution in [0.15, 0.2) is 16.0 Å². The van der Waals surface area contributed by atoms with Gasteiger partial charge < -0.3 is 0 Å². The second-order valence-corrected chi connectivity index (χ2v) is 3.11. The molecule has 9 heavy (non-hydrogen) atoms. The molecule has 0 aliphatic heterocycles. The molecule has 0 aromatic carbocycles. The van der Waals surface area contributed by atoms with Crippen molar-refractivity contribution in [3.8, 4) is 0 Å². The standard InChI is InChI=1S/C6H9NSSe/c1-9-5-3-2-4-7-6-8/h3,5H,2,4H2,1H3. The van der Waals surface area contributed by atoms with Gasteiger partial charge >= 0.3 is 67.2 Å². The minimum atomic E-state index is 0.654. The number of hydrogen-bond acceptors (Lipinski definition) is 2. The summed E-state index contributed by atoms with van der Waals surface area (Å²) in [7, 11) is 0. The average Bonchev–Trinajstić information content (AvgIpc) is 1.89. The van der Waals surface area contributed by atoms with Crippen LogP contribution in [0.1, 0.15) is 6.42 Å². The topological polar surface area (TPSA) is 12.4 Å². The van der Waals surface area contributed by atoms with E-state index in [-0.39, 0.29) is 0 Å².